The van der Waals surface area contributed by atoms with E-state index in [0.29, 0.717) is 6.61 Å². The van der Waals surface area contributed by atoms with E-state index in [9.17, 15) is 0 Å². The van der Waals surface area contributed by atoms with Crippen LogP contribution in [-0.2, 0) is 6.54 Å². The van der Waals surface area contributed by atoms with E-state index in [1.165, 1.54) is 5.56 Å². The molecule has 0 aliphatic heterocycles. The van der Waals surface area contributed by atoms with Crippen molar-refractivity contribution < 1.29 is 9.84 Å². The zero-order chi connectivity index (χ0) is 12.5. The first-order valence-corrected chi connectivity index (χ1v) is 5.97. The van der Waals surface area contributed by atoms with Crippen molar-refractivity contribution in [2.45, 2.75) is 25.9 Å². The normalized spacial score (nSPS) is 11.4. The van der Waals surface area contributed by atoms with E-state index in [1.807, 2.05) is 24.3 Å². The highest BCUT2D eigenvalue weighted by Gasteiger charge is 2.03. The minimum absolute atomic E-state index is 0. The predicted octanol–water partition coefficient (Wildman–Crippen LogP) is 2.53. The molecule has 0 saturated carbocycles. The van der Waals surface area contributed by atoms with Crippen molar-refractivity contribution >= 4 is 12.4 Å². The number of aliphatic hydroxyl groups is 1. The molecule has 18 heavy (non-hydrogen) atoms. The molecule has 102 valence electrons. The summed E-state index contributed by atoms with van der Waals surface area (Å²) in [7, 11) is 0. The van der Waals surface area contributed by atoms with Crippen molar-refractivity contribution in [3.05, 3.63) is 42.5 Å². The van der Waals surface area contributed by atoms with Crippen LogP contribution in [0.25, 0.3) is 0 Å². The molecule has 1 aromatic carbocycles. The third-order valence-corrected chi connectivity index (χ3v) is 2.60. The maximum atomic E-state index is 9.05. The van der Waals surface area contributed by atoms with E-state index in [1.54, 1.807) is 6.08 Å². The maximum absolute atomic E-state index is 9.05. The average molecular weight is 272 g/mol. The Bertz CT molecular complexity index is 323. The standard InChI is InChI=1S/C14H21NO2.ClH/c1-3-9-17-14-7-5-12(6-8-14)10-15-13(4-2)11-16;/h3,5-8,13,15-16H,1,4,9-11H2,2H3;1H. The Morgan fingerprint density at radius 1 is 1.39 bits per heavy atom. The van der Waals surface area contributed by atoms with E-state index < -0.39 is 0 Å². The van der Waals surface area contributed by atoms with Crippen molar-refractivity contribution in [3.8, 4) is 5.75 Å². The van der Waals surface area contributed by atoms with E-state index in [4.69, 9.17) is 9.84 Å². The molecule has 0 amide bonds. The van der Waals surface area contributed by atoms with E-state index >= 15 is 0 Å². The van der Waals surface area contributed by atoms with Gasteiger partial charge in [-0.05, 0) is 24.1 Å². The summed E-state index contributed by atoms with van der Waals surface area (Å²) in [6.45, 7) is 7.13. The van der Waals surface area contributed by atoms with Crippen LogP contribution in [0.3, 0.4) is 0 Å². The fourth-order valence-electron chi connectivity index (χ4n) is 1.46. The lowest BCUT2D eigenvalue weighted by Crippen LogP contribution is -2.31. The maximum Gasteiger partial charge on any atom is 0.119 e. The van der Waals surface area contributed by atoms with Gasteiger partial charge in [-0.3, -0.25) is 0 Å². The Labute approximate surface area is 115 Å². The molecule has 1 rings (SSSR count). The van der Waals surface area contributed by atoms with Crippen LogP contribution in [0.4, 0.5) is 0 Å². The fourth-order valence-corrected chi connectivity index (χ4v) is 1.46. The second-order valence-electron chi connectivity index (χ2n) is 3.91. The molecular weight excluding hydrogens is 250 g/mol. The monoisotopic (exact) mass is 271 g/mol. The van der Waals surface area contributed by atoms with Crippen LogP contribution < -0.4 is 10.1 Å². The van der Waals surface area contributed by atoms with Crippen molar-refractivity contribution in [2.24, 2.45) is 0 Å². The van der Waals surface area contributed by atoms with Gasteiger partial charge in [0, 0.05) is 12.6 Å². The number of halogens is 1. The van der Waals surface area contributed by atoms with Gasteiger partial charge in [0.2, 0.25) is 0 Å². The van der Waals surface area contributed by atoms with Crippen LogP contribution in [0.15, 0.2) is 36.9 Å². The van der Waals surface area contributed by atoms with Crippen LogP contribution in [-0.4, -0.2) is 24.4 Å². The lowest BCUT2D eigenvalue weighted by Gasteiger charge is -2.14. The summed E-state index contributed by atoms with van der Waals surface area (Å²) in [5.74, 6) is 0.850. The molecule has 0 heterocycles. The molecule has 2 N–H and O–H groups in total. The molecule has 1 aromatic rings. The number of ether oxygens (including phenoxy) is 1. The van der Waals surface area contributed by atoms with E-state index in [-0.39, 0.29) is 25.1 Å². The van der Waals surface area contributed by atoms with Gasteiger partial charge in [0.05, 0.1) is 6.61 Å². The second kappa shape index (κ2) is 9.95. The second-order valence-corrected chi connectivity index (χ2v) is 3.91. The summed E-state index contributed by atoms with van der Waals surface area (Å²) in [5.41, 5.74) is 1.18. The Balaban J connectivity index is 0.00000289. The van der Waals surface area contributed by atoms with Crippen LogP contribution in [0.2, 0.25) is 0 Å². The Hall–Kier alpha value is -1.03. The van der Waals surface area contributed by atoms with Gasteiger partial charge in [-0.1, -0.05) is 31.7 Å². The van der Waals surface area contributed by atoms with Gasteiger partial charge in [0.1, 0.15) is 12.4 Å². The molecule has 0 aliphatic rings. The zero-order valence-electron chi connectivity index (χ0n) is 10.8. The topological polar surface area (TPSA) is 41.5 Å². The van der Waals surface area contributed by atoms with E-state index in [2.05, 4.69) is 18.8 Å². The van der Waals surface area contributed by atoms with Gasteiger partial charge in [-0.15, -0.1) is 12.4 Å². The number of rotatable bonds is 8. The SMILES string of the molecule is C=CCOc1ccc(CNC(CC)CO)cc1.Cl. The molecule has 1 unspecified atom stereocenters. The van der Waals surface area contributed by atoms with Crippen LogP contribution in [0.1, 0.15) is 18.9 Å². The molecule has 0 radical (unpaired) electrons. The highest BCUT2D eigenvalue weighted by atomic mass is 35.5. The molecular formula is C14H22ClNO2. The first kappa shape index (κ1) is 17.0. The summed E-state index contributed by atoms with van der Waals surface area (Å²) >= 11 is 0. The van der Waals surface area contributed by atoms with E-state index in [0.717, 1.165) is 18.7 Å². The zero-order valence-corrected chi connectivity index (χ0v) is 11.6. The minimum atomic E-state index is 0. The minimum Gasteiger partial charge on any atom is -0.490 e. The van der Waals surface area contributed by atoms with Crippen molar-refractivity contribution in [1.29, 1.82) is 0 Å². The van der Waals surface area contributed by atoms with Crippen LogP contribution in [0, 0.1) is 0 Å². The Morgan fingerprint density at radius 2 is 2.06 bits per heavy atom. The molecule has 0 saturated heterocycles. The third kappa shape index (κ3) is 6.05. The lowest BCUT2D eigenvalue weighted by molar-refractivity contribution is 0.238. The Morgan fingerprint density at radius 3 is 2.56 bits per heavy atom. The molecule has 3 nitrogen and oxygen atoms in total. The lowest BCUT2D eigenvalue weighted by atomic mass is 10.2. The molecule has 0 fully saturated rings. The summed E-state index contributed by atoms with van der Waals surface area (Å²) in [4.78, 5) is 0. The fraction of sp³-hybridized carbons (Fsp3) is 0.429. The summed E-state index contributed by atoms with van der Waals surface area (Å²) in [5, 5.41) is 12.3. The highest BCUT2D eigenvalue weighted by Crippen LogP contribution is 2.12. The number of benzene rings is 1. The summed E-state index contributed by atoms with van der Waals surface area (Å²) in [6, 6.07) is 8.11. The summed E-state index contributed by atoms with van der Waals surface area (Å²) < 4.78 is 5.40. The largest absolute Gasteiger partial charge is 0.490 e. The van der Waals surface area contributed by atoms with Gasteiger partial charge in [0.25, 0.3) is 0 Å². The third-order valence-electron chi connectivity index (χ3n) is 2.60. The predicted molar refractivity (Wildman–Crippen MR) is 77.4 cm³/mol. The first-order chi connectivity index (χ1) is 8.30. The quantitative estimate of drug-likeness (QED) is 0.714. The molecule has 0 aromatic heterocycles. The van der Waals surface area contributed by atoms with Gasteiger partial charge < -0.3 is 15.2 Å². The number of nitrogens with one attached hydrogen (secondary N) is 1. The average Bonchev–Trinajstić information content (AvgIpc) is 2.39. The van der Waals surface area contributed by atoms with Crippen LogP contribution >= 0.6 is 12.4 Å². The van der Waals surface area contributed by atoms with Gasteiger partial charge in [-0.2, -0.15) is 0 Å². The van der Waals surface area contributed by atoms with Crippen molar-refractivity contribution in [2.75, 3.05) is 13.2 Å². The summed E-state index contributed by atoms with van der Waals surface area (Å²) in [6.07, 6.45) is 2.65. The number of hydrogen-bond acceptors (Lipinski definition) is 3. The number of hydrogen-bond donors (Lipinski definition) is 2. The van der Waals surface area contributed by atoms with Gasteiger partial charge in [-0.25, -0.2) is 0 Å². The molecule has 0 aliphatic carbocycles. The first-order valence-electron chi connectivity index (χ1n) is 5.97. The molecule has 4 heteroatoms. The van der Waals surface area contributed by atoms with Crippen LogP contribution in [0.5, 0.6) is 5.75 Å². The molecule has 0 bridgehead atoms. The molecule has 1 atom stereocenters. The highest BCUT2D eigenvalue weighted by molar-refractivity contribution is 5.85. The molecule has 0 spiro atoms. The van der Waals surface area contributed by atoms with Crippen molar-refractivity contribution in [3.63, 3.8) is 0 Å². The van der Waals surface area contributed by atoms with Gasteiger partial charge >= 0.3 is 0 Å². The Kier molecular flexibility index (Phi) is 9.38. The smallest absolute Gasteiger partial charge is 0.119 e. The van der Waals surface area contributed by atoms with Crippen molar-refractivity contribution in [1.82, 2.24) is 5.32 Å². The van der Waals surface area contributed by atoms with Gasteiger partial charge in [0.15, 0.2) is 0 Å². The number of aliphatic hydroxyl groups excluding tert-OH is 1.